The summed E-state index contributed by atoms with van der Waals surface area (Å²) in [5.41, 5.74) is 0.446. The number of carbonyl (C=O) groups is 1. The molecule has 0 bridgehead atoms. The number of benzene rings is 1. The molecule has 15 heavy (non-hydrogen) atoms. The molecule has 4 heteroatoms. The van der Waals surface area contributed by atoms with Gasteiger partial charge in [-0.15, -0.1) is 0 Å². The summed E-state index contributed by atoms with van der Waals surface area (Å²) in [6.45, 7) is 2.98. The van der Waals surface area contributed by atoms with Crippen LogP contribution >= 0.6 is 0 Å². The van der Waals surface area contributed by atoms with E-state index in [1.807, 2.05) is 0 Å². The van der Waals surface area contributed by atoms with Crippen LogP contribution in [-0.2, 0) is 9.84 Å². The van der Waals surface area contributed by atoms with Crippen molar-refractivity contribution in [3.63, 3.8) is 0 Å². The third kappa shape index (κ3) is 2.65. The van der Waals surface area contributed by atoms with Gasteiger partial charge in [0.15, 0.2) is 15.6 Å². The van der Waals surface area contributed by atoms with E-state index in [1.54, 1.807) is 37.3 Å². The van der Waals surface area contributed by atoms with Crippen LogP contribution < -0.4 is 0 Å². The van der Waals surface area contributed by atoms with E-state index in [2.05, 4.69) is 0 Å². The number of sulfone groups is 1. The van der Waals surface area contributed by atoms with Gasteiger partial charge in [-0.3, -0.25) is 4.79 Å². The number of hydrogen-bond acceptors (Lipinski definition) is 3. The van der Waals surface area contributed by atoms with Crippen molar-refractivity contribution in [2.24, 2.45) is 0 Å². The number of Topliss-reactive ketones (excluding diaryl/α,β-unsaturated/α-hetero) is 1. The first-order valence-corrected chi connectivity index (χ1v) is 6.51. The van der Waals surface area contributed by atoms with E-state index in [0.29, 0.717) is 5.56 Å². The Labute approximate surface area is 90.0 Å². The fourth-order valence-corrected chi connectivity index (χ4v) is 2.21. The van der Waals surface area contributed by atoms with E-state index in [4.69, 9.17) is 0 Å². The molecule has 0 spiro atoms. The zero-order chi connectivity index (χ0) is 11.5. The molecule has 0 aliphatic carbocycles. The summed E-state index contributed by atoms with van der Waals surface area (Å²) >= 11 is 0. The maximum atomic E-state index is 11.8. The third-order valence-corrected chi connectivity index (χ3v) is 4.46. The minimum Gasteiger partial charge on any atom is -0.293 e. The standard InChI is InChI=1S/C11H14O3S/c1-3-15(13,14)9(2)11(12)10-7-5-4-6-8-10/h4-9H,3H2,1-2H3. The highest BCUT2D eigenvalue weighted by molar-refractivity contribution is 7.92. The van der Waals surface area contributed by atoms with Crippen molar-refractivity contribution in [2.45, 2.75) is 19.1 Å². The molecule has 0 aliphatic heterocycles. The Kier molecular flexibility index (Phi) is 3.63. The maximum Gasteiger partial charge on any atom is 0.180 e. The fourth-order valence-electron chi connectivity index (χ4n) is 1.25. The summed E-state index contributed by atoms with van der Waals surface area (Å²) in [7, 11) is -3.30. The van der Waals surface area contributed by atoms with Gasteiger partial charge >= 0.3 is 0 Å². The molecule has 0 aliphatic rings. The molecule has 0 saturated carbocycles. The molecule has 0 radical (unpaired) electrons. The Bertz CT molecular complexity index is 434. The van der Waals surface area contributed by atoms with E-state index < -0.39 is 15.1 Å². The minimum absolute atomic E-state index is 0.00720. The predicted molar refractivity (Wildman–Crippen MR) is 59.7 cm³/mol. The van der Waals surface area contributed by atoms with Crippen molar-refractivity contribution in [1.29, 1.82) is 0 Å². The van der Waals surface area contributed by atoms with Crippen molar-refractivity contribution >= 4 is 15.6 Å². The molecule has 0 N–H and O–H groups in total. The molecule has 1 rings (SSSR count). The lowest BCUT2D eigenvalue weighted by atomic mass is 10.1. The molecular formula is C11H14O3S. The summed E-state index contributed by atoms with van der Waals surface area (Å²) < 4.78 is 23.0. The highest BCUT2D eigenvalue weighted by Crippen LogP contribution is 2.10. The van der Waals surface area contributed by atoms with Gasteiger partial charge in [0.05, 0.1) is 0 Å². The maximum absolute atomic E-state index is 11.8. The summed E-state index contributed by atoms with van der Waals surface area (Å²) in [5.74, 6) is -0.343. The average molecular weight is 226 g/mol. The number of ketones is 1. The lowest BCUT2D eigenvalue weighted by molar-refractivity contribution is 0.0991. The van der Waals surface area contributed by atoms with Crippen LogP contribution in [0.4, 0.5) is 0 Å². The molecule has 1 unspecified atom stereocenters. The molecule has 1 aromatic carbocycles. The number of carbonyl (C=O) groups excluding carboxylic acids is 1. The normalized spacial score (nSPS) is 13.5. The van der Waals surface area contributed by atoms with Crippen molar-refractivity contribution in [3.8, 4) is 0 Å². The summed E-state index contributed by atoms with van der Waals surface area (Å²) in [6, 6.07) is 8.49. The Morgan fingerprint density at radius 1 is 1.27 bits per heavy atom. The van der Waals surface area contributed by atoms with Crippen molar-refractivity contribution in [1.82, 2.24) is 0 Å². The van der Waals surface area contributed by atoms with Gasteiger partial charge in [-0.05, 0) is 6.92 Å². The average Bonchev–Trinajstić information content (AvgIpc) is 2.28. The first-order chi connectivity index (χ1) is 6.99. The van der Waals surface area contributed by atoms with Gasteiger partial charge in [-0.2, -0.15) is 0 Å². The molecule has 0 aromatic heterocycles. The molecule has 1 aromatic rings. The van der Waals surface area contributed by atoms with Crippen molar-refractivity contribution in [3.05, 3.63) is 35.9 Å². The number of hydrogen-bond donors (Lipinski definition) is 0. The molecule has 0 heterocycles. The Hall–Kier alpha value is -1.16. The second kappa shape index (κ2) is 4.57. The number of rotatable bonds is 4. The van der Waals surface area contributed by atoms with Gasteiger partial charge in [0.1, 0.15) is 5.25 Å². The molecule has 0 saturated heterocycles. The Balaban J connectivity index is 2.97. The summed E-state index contributed by atoms with van der Waals surface area (Å²) in [6.07, 6.45) is 0. The zero-order valence-electron chi connectivity index (χ0n) is 8.80. The highest BCUT2D eigenvalue weighted by atomic mass is 32.2. The van der Waals surface area contributed by atoms with Crippen LogP contribution in [-0.4, -0.2) is 25.2 Å². The second-order valence-electron chi connectivity index (χ2n) is 3.32. The van der Waals surface area contributed by atoms with E-state index >= 15 is 0 Å². The molecule has 1 atom stereocenters. The second-order valence-corrected chi connectivity index (χ2v) is 5.93. The van der Waals surface area contributed by atoms with Crippen LogP contribution in [0.3, 0.4) is 0 Å². The monoisotopic (exact) mass is 226 g/mol. The van der Waals surface area contributed by atoms with Gasteiger partial charge in [-0.1, -0.05) is 37.3 Å². The van der Waals surface area contributed by atoms with E-state index in [9.17, 15) is 13.2 Å². The zero-order valence-corrected chi connectivity index (χ0v) is 9.62. The summed E-state index contributed by atoms with van der Waals surface area (Å²) in [5, 5.41) is -0.954. The van der Waals surface area contributed by atoms with E-state index in [-0.39, 0.29) is 11.5 Å². The quantitative estimate of drug-likeness (QED) is 0.734. The third-order valence-electron chi connectivity index (χ3n) is 2.37. The van der Waals surface area contributed by atoms with E-state index in [1.165, 1.54) is 6.92 Å². The lowest BCUT2D eigenvalue weighted by Crippen LogP contribution is -2.28. The molecular weight excluding hydrogens is 212 g/mol. The topological polar surface area (TPSA) is 51.2 Å². The Morgan fingerprint density at radius 2 is 1.80 bits per heavy atom. The largest absolute Gasteiger partial charge is 0.293 e. The Morgan fingerprint density at radius 3 is 2.27 bits per heavy atom. The van der Waals surface area contributed by atoms with Gasteiger partial charge in [0.25, 0.3) is 0 Å². The van der Waals surface area contributed by atoms with Crippen LogP contribution in [0, 0.1) is 0 Å². The molecule has 3 nitrogen and oxygen atoms in total. The van der Waals surface area contributed by atoms with Crippen LogP contribution in [0.15, 0.2) is 30.3 Å². The minimum atomic E-state index is -3.30. The predicted octanol–water partition coefficient (Wildman–Crippen LogP) is 1.69. The van der Waals surface area contributed by atoms with Crippen LogP contribution in [0.2, 0.25) is 0 Å². The fraction of sp³-hybridized carbons (Fsp3) is 0.364. The molecule has 82 valence electrons. The van der Waals surface area contributed by atoms with Crippen LogP contribution in [0.5, 0.6) is 0 Å². The van der Waals surface area contributed by atoms with Gasteiger partial charge in [0, 0.05) is 11.3 Å². The first kappa shape index (κ1) is 11.9. The first-order valence-electron chi connectivity index (χ1n) is 4.80. The van der Waals surface area contributed by atoms with Crippen molar-refractivity contribution < 1.29 is 13.2 Å². The molecule has 0 fully saturated rings. The van der Waals surface area contributed by atoms with Crippen molar-refractivity contribution in [2.75, 3.05) is 5.75 Å². The smallest absolute Gasteiger partial charge is 0.180 e. The van der Waals surface area contributed by atoms with Gasteiger partial charge < -0.3 is 0 Å². The SMILES string of the molecule is CCS(=O)(=O)C(C)C(=O)c1ccccc1. The van der Waals surface area contributed by atoms with E-state index in [0.717, 1.165) is 0 Å². The molecule has 0 amide bonds. The lowest BCUT2D eigenvalue weighted by Gasteiger charge is -2.09. The van der Waals surface area contributed by atoms with Crippen LogP contribution in [0.25, 0.3) is 0 Å². The highest BCUT2D eigenvalue weighted by Gasteiger charge is 2.26. The van der Waals surface area contributed by atoms with Crippen LogP contribution in [0.1, 0.15) is 24.2 Å². The van der Waals surface area contributed by atoms with Gasteiger partial charge in [-0.25, -0.2) is 8.42 Å². The van der Waals surface area contributed by atoms with Gasteiger partial charge in [0.2, 0.25) is 0 Å². The summed E-state index contributed by atoms with van der Waals surface area (Å²) in [4.78, 5) is 11.8.